The molecule has 0 amide bonds. The van der Waals surface area contributed by atoms with Crippen molar-refractivity contribution in [1.29, 1.82) is 0 Å². The van der Waals surface area contributed by atoms with E-state index in [1.807, 2.05) is 0 Å². The summed E-state index contributed by atoms with van der Waals surface area (Å²) in [5.41, 5.74) is -7.19. The summed E-state index contributed by atoms with van der Waals surface area (Å²) in [6, 6.07) is 0.875. The number of nitrogens with zero attached hydrogens (tertiary/aromatic N) is 1. The lowest BCUT2D eigenvalue weighted by Gasteiger charge is -2.57. The van der Waals surface area contributed by atoms with E-state index in [9.17, 15) is 45.1 Å². The van der Waals surface area contributed by atoms with E-state index in [0.717, 1.165) is 13.2 Å². The third kappa shape index (κ3) is 5.76. The maximum atomic E-state index is 14.8. The number of ketones is 2. The van der Waals surface area contributed by atoms with Gasteiger partial charge >= 0.3 is 5.97 Å². The minimum absolute atomic E-state index is 0.0864. The molecule has 2 bridgehead atoms. The summed E-state index contributed by atoms with van der Waals surface area (Å²) in [6.45, 7) is 6.24. The molecule has 2 fully saturated rings. The van der Waals surface area contributed by atoms with Gasteiger partial charge in [-0.3, -0.25) is 14.4 Å². The number of carbonyl (C=O) groups is 3. The van der Waals surface area contributed by atoms with Crippen molar-refractivity contribution in [2.45, 2.75) is 112 Å². The van der Waals surface area contributed by atoms with Gasteiger partial charge in [-0.15, -0.1) is 0 Å². The SMILES string of the molecule is COC(=O)[C@@H]1c2cc3c(c(O)c2[C@@H](O[C@@H]2O[C@@H](C)[C@H](OC)[C@@](C)(OC)[C@H]2OC)C[C@]1(C)O)C(=O)c1c(O)cc2c(c1C3=O)O[C@@H]1O[C@@]2(C)[C@H](O)[C@@H]([N+](C)(C)[O-])[C@@H]1O. The number of ether oxygens (including phenoxy) is 8. The molecule has 5 N–H and O–H groups in total. The molecule has 312 valence electrons. The van der Waals surface area contributed by atoms with E-state index >= 15 is 0 Å². The van der Waals surface area contributed by atoms with Crippen LogP contribution in [0.2, 0.25) is 0 Å². The second kappa shape index (κ2) is 13.6. The van der Waals surface area contributed by atoms with Crippen LogP contribution in [0.15, 0.2) is 12.1 Å². The summed E-state index contributed by atoms with van der Waals surface area (Å²) >= 11 is 0. The van der Waals surface area contributed by atoms with Gasteiger partial charge in [0.2, 0.25) is 12.1 Å². The van der Waals surface area contributed by atoms with Crippen LogP contribution in [0.4, 0.5) is 0 Å². The maximum absolute atomic E-state index is 14.8. The number of esters is 1. The van der Waals surface area contributed by atoms with Crippen molar-refractivity contribution in [3.05, 3.63) is 56.3 Å². The highest BCUT2D eigenvalue weighted by molar-refractivity contribution is 6.31. The van der Waals surface area contributed by atoms with E-state index in [2.05, 4.69) is 0 Å². The number of phenols is 2. The number of hydroxylamine groups is 3. The molecule has 0 saturated carbocycles. The van der Waals surface area contributed by atoms with Gasteiger partial charge < -0.3 is 73.3 Å². The smallest absolute Gasteiger partial charge is 0.316 e. The van der Waals surface area contributed by atoms with Crippen LogP contribution in [0.25, 0.3) is 0 Å². The number of aliphatic hydroxyl groups is 3. The van der Waals surface area contributed by atoms with Crippen LogP contribution in [-0.4, -0.2) is 151 Å². The van der Waals surface area contributed by atoms with Gasteiger partial charge in [0.1, 0.15) is 52.7 Å². The first-order chi connectivity index (χ1) is 26.5. The third-order valence-corrected chi connectivity index (χ3v) is 12.6. The number of aromatic hydroxyl groups is 2. The predicted molar refractivity (Wildman–Crippen MR) is 192 cm³/mol. The number of methoxy groups -OCH3 is 4. The lowest BCUT2D eigenvalue weighted by molar-refractivity contribution is -0.880. The van der Waals surface area contributed by atoms with E-state index < -0.39 is 134 Å². The number of likely N-dealkylation sites (N-methyl/N-ethyl adjacent to an activating group) is 1. The Bertz CT molecular complexity index is 2030. The summed E-state index contributed by atoms with van der Waals surface area (Å²) in [5.74, 6) is -6.21. The van der Waals surface area contributed by atoms with E-state index in [1.54, 1.807) is 13.8 Å². The molecule has 2 aromatic carbocycles. The summed E-state index contributed by atoms with van der Waals surface area (Å²) < 4.78 is 46.0. The van der Waals surface area contributed by atoms with E-state index in [4.69, 9.17) is 37.9 Å². The molecule has 2 aromatic rings. The number of hydrogen-bond acceptors (Lipinski definition) is 17. The average Bonchev–Trinajstić information content (AvgIpc) is 3.11. The molecular weight excluding hydrogens is 754 g/mol. The molecule has 57 heavy (non-hydrogen) atoms. The average molecular weight is 804 g/mol. The van der Waals surface area contributed by atoms with Crippen LogP contribution in [0.5, 0.6) is 17.2 Å². The van der Waals surface area contributed by atoms with Crippen molar-refractivity contribution >= 4 is 17.5 Å². The number of quaternary nitrogens is 1. The second-order valence-corrected chi connectivity index (χ2v) is 16.5. The van der Waals surface area contributed by atoms with Gasteiger partial charge in [-0.1, -0.05) is 0 Å². The Kier molecular flexibility index (Phi) is 9.90. The molecule has 13 atom stereocenters. The van der Waals surface area contributed by atoms with Gasteiger partial charge in [0.15, 0.2) is 24.2 Å². The Labute approximate surface area is 327 Å². The molecule has 0 aromatic heterocycles. The molecule has 18 nitrogen and oxygen atoms in total. The molecular formula is C39H49NO17. The highest BCUT2D eigenvalue weighted by atomic mass is 16.7. The molecule has 0 radical (unpaired) electrons. The van der Waals surface area contributed by atoms with E-state index in [-0.39, 0.29) is 28.9 Å². The third-order valence-electron chi connectivity index (χ3n) is 12.6. The standard InChI is InChI=1S/C39H49NO17/c1-14-32(50-7)39(4,53-10)33(51-8)36(54-14)55-19-13-37(2,48)24(34(47)52-9)15-11-16-21(27(43)20(15)19)28(44)22-18(41)12-17-30(23(22)26(16)42)56-35-29(45)25(40(5,6)49)31(46)38(17,3)57-35/h11-12,14,19,24-25,29,31-33,35-36,41,43,45-46,48H,13H2,1-10H3/t14-,19-,24-,25-,29-,31+,32-,33-,35+,36-,37-,38+,39+/m0/s1. The fourth-order valence-electron chi connectivity index (χ4n) is 9.80. The quantitative estimate of drug-likeness (QED) is 0.128. The predicted octanol–water partition coefficient (Wildman–Crippen LogP) is 1.15. The lowest BCUT2D eigenvalue weighted by atomic mass is 9.68. The van der Waals surface area contributed by atoms with E-state index in [0.29, 0.717) is 0 Å². The van der Waals surface area contributed by atoms with Crippen molar-refractivity contribution in [3.8, 4) is 17.2 Å². The lowest BCUT2D eigenvalue weighted by Crippen LogP contribution is -2.71. The highest BCUT2D eigenvalue weighted by Gasteiger charge is 2.62. The van der Waals surface area contributed by atoms with Gasteiger partial charge in [0.25, 0.3) is 0 Å². The normalized spacial score (nSPS) is 38.4. The van der Waals surface area contributed by atoms with Gasteiger partial charge in [0, 0.05) is 44.4 Å². The number of rotatable bonds is 7. The van der Waals surface area contributed by atoms with Crippen LogP contribution in [-0.2, 0) is 43.6 Å². The minimum atomic E-state index is -1.94. The molecule has 18 heteroatoms. The zero-order valence-electron chi connectivity index (χ0n) is 33.2. The number of aliphatic hydroxyl groups excluding tert-OH is 2. The van der Waals surface area contributed by atoms with E-state index in [1.165, 1.54) is 55.3 Å². The topological polar surface area (TPSA) is 249 Å². The van der Waals surface area contributed by atoms with Crippen LogP contribution < -0.4 is 4.74 Å². The molecule has 5 aliphatic rings. The molecule has 3 heterocycles. The first-order valence-corrected chi connectivity index (χ1v) is 18.4. The number of benzene rings is 2. The Morgan fingerprint density at radius 2 is 1.61 bits per heavy atom. The number of phenolic OH excluding ortho intramolecular Hbond substituents is 2. The van der Waals surface area contributed by atoms with Gasteiger partial charge in [-0.05, 0) is 45.4 Å². The minimum Gasteiger partial charge on any atom is -0.633 e. The van der Waals surface area contributed by atoms with Crippen molar-refractivity contribution in [1.82, 2.24) is 0 Å². The van der Waals surface area contributed by atoms with Gasteiger partial charge in [0.05, 0.1) is 55.7 Å². The number of hydrogen-bond donors (Lipinski definition) is 5. The monoisotopic (exact) mass is 803 g/mol. The summed E-state index contributed by atoms with van der Waals surface area (Å²) in [6.07, 6.45) is -10.1. The first-order valence-electron chi connectivity index (χ1n) is 18.4. The summed E-state index contributed by atoms with van der Waals surface area (Å²) in [7, 11) is 7.92. The molecule has 2 aliphatic carbocycles. The fraction of sp³-hybridized carbons (Fsp3) is 0.615. The Morgan fingerprint density at radius 1 is 0.965 bits per heavy atom. The number of carbonyl (C=O) groups excluding carboxylic acids is 3. The second-order valence-electron chi connectivity index (χ2n) is 16.5. The Hall–Kier alpha value is -3.79. The van der Waals surface area contributed by atoms with Crippen LogP contribution in [0, 0.1) is 5.21 Å². The Morgan fingerprint density at radius 3 is 2.19 bits per heavy atom. The Balaban J connectivity index is 1.40. The summed E-state index contributed by atoms with van der Waals surface area (Å²) in [5, 5.41) is 71.4. The first kappa shape index (κ1) is 41.4. The van der Waals surface area contributed by atoms with Crippen LogP contribution >= 0.6 is 0 Å². The number of fused-ring (bicyclic) bond motifs is 8. The summed E-state index contributed by atoms with van der Waals surface area (Å²) in [4.78, 5) is 42.8. The van der Waals surface area contributed by atoms with Crippen molar-refractivity contribution < 1.29 is 82.5 Å². The fourth-order valence-corrected chi connectivity index (χ4v) is 9.80. The zero-order valence-corrected chi connectivity index (χ0v) is 33.2. The molecule has 7 rings (SSSR count). The molecule has 0 spiro atoms. The molecule has 3 aliphatic heterocycles. The van der Waals surface area contributed by atoms with Crippen molar-refractivity contribution in [2.75, 3.05) is 42.5 Å². The van der Waals surface area contributed by atoms with Gasteiger partial charge in [-0.25, -0.2) is 0 Å². The highest BCUT2D eigenvalue weighted by Crippen LogP contribution is 2.57. The van der Waals surface area contributed by atoms with Gasteiger partial charge in [-0.2, -0.15) is 0 Å². The van der Waals surface area contributed by atoms with Crippen LogP contribution in [0.3, 0.4) is 0 Å². The van der Waals surface area contributed by atoms with Crippen molar-refractivity contribution in [3.63, 3.8) is 0 Å². The van der Waals surface area contributed by atoms with Crippen molar-refractivity contribution in [2.24, 2.45) is 0 Å². The maximum Gasteiger partial charge on any atom is 0.316 e. The zero-order chi connectivity index (χ0) is 42.1. The largest absolute Gasteiger partial charge is 0.633 e. The van der Waals surface area contributed by atoms with Crippen LogP contribution in [0.1, 0.15) is 94.7 Å². The molecule has 0 unspecified atom stereocenters. The molecule has 2 saturated heterocycles.